The molecule has 3 saturated heterocycles. The van der Waals surface area contributed by atoms with E-state index in [9.17, 15) is 67.5 Å². The van der Waals surface area contributed by atoms with E-state index in [0.717, 1.165) is 18.0 Å². The van der Waals surface area contributed by atoms with Crippen molar-refractivity contribution in [1.82, 2.24) is 48.5 Å². The summed E-state index contributed by atoms with van der Waals surface area (Å²) in [5, 5.41) is 33.4. The van der Waals surface area contributed by atoms with Crippen molar-refractivity contribution in [3.05, 3.63) is 51.5 Å². The number of allylic oxidation sites excluding steroid dienone is 1. The zero-order chi connectivity index (χ0) is 60.2. The third-order valence-corrected chi connectivity index (χ3v) is 18.8. The number of aliphatic hydroxyl groups is 3. The van der Waals surface area contributed by atoms with Gasteiger partial charge in [0.05, 0.1) is 51.3 Å². The average Bonchev–Trinajstić information content (AvgIpc) is 2.40. The van der Waals surface area contributed by atoms with Gasteiger partial charge in [-0.2, -0.15) is 23.2 Å². The maximum absolute atomic E-state index is 13.7. The number of phosphoric ester groups is 3. The number of hydrogen-bond donors (Lipinski definition) is 11. The van der Waals surface area contributed by atoms with Crippen molar-refractivity contribution >= 4 is 89.2 Å². The number of carbonyl (C=O) groups excluding carboxylic acids is 1. The number of H-pyrrole nitrogens is 2. The third kappa shape index (κ3) is 13.2. The van der Waals surface area contributed by atoms with Crippen LogP contribution in [0, 0.1) is 5.92 Å². The van der Waals surface area contributed by atoms with Crippen molar-refractivity contribution in [3.8, 4) is 0 Å². The summed E-state index contributed by atoms with van der Waals surface area (Å²) in [7, 11) is -19.9. The molecular weight excluding hydrogens is 1200 g/mol. The number of aliphatic hydroxyl groups excluding tert-OH is 3. The normalized spacial score (nSPS) is 30.4. The number of nitrogens with zero attached hydrogens (tertiary/aromatic N) is 10. The van der Waals surface area contributed by atoms with Gasteiger partial charge in [0.15, 0.2) is 29.4 Å². The van der Waals surface area contributed by atoms with Gasteiger partial charge in [0, 0.05) is 39.3 Å². The second kappa shape index (κ2) is 24.1. The zero-order valence-electron chi connectivity index (χ0n) is 43.8. The van der Waals surface area contributed by atoms with Gasteiger partial charge < -0.3 is 85.0 Å². The van der Waals surface area contributed by atoms with Crippen LogP contribution >= 0.6 is 31.3 Å². The molecule has 0 aromatic carbocycles. The number of aliphatic imine (C=N–C) groups is 1. The van der Waals surface area contributed by atoms with Gasteiger partial charge in [0.2, 0.25) is 30.4 Å². The number of imidazole rings is 3. The summed E-state index contributed by atoms with van der Waals surface area (Å²) < 4.78 is 111. The number of aryl methyl sites for hydroxylation is 1. The van der Waals surface area contributed by atoms with E-state index < -0.39 is 148 Å². The Labute approximate surface area is 465 Å². The fourth-order valence-electron chi connectivity index (χ4n) is 9.53. The van der Waals surface area contributed by atoms with E-state index in [-0.39, 0.29) is 58.0 Å². The highest BCUT2D eigenvalue weighted by atomic mass is 31.3. The second-order valence-corrected chi connectivity index (χ2v) is 25.0. The molecule has 456 valence electrons. The number of methoxy groups -OCH3 is 1. The number of aromatic amines is 2. The molecule has 39 nitrogen and oxygen atoms in total. The summed E-state index contributed by atoms with van der Waals surface area (Å²) in [6.07, 6.45) is -11.0. The summed E-state index contributed by atoms with van der Waals surface area (Å²) in [6.45, 7) is -1.49. The van der Waals surface area contributed by atoms with E-state index in [2.05, 4.69) is 43.5 Å². The Morgan fingerprint density at radius 3 is 2.07 bits per heavy atom. The third-order valence-electron chi connectivity index (χ3n) is 13.6. The summed E-state index contributed by atoms with van der Waals surface area (Å²) in [4.78, 5) is 111. The molecule has 3 fully saturated rings. The maximum Gasteiger partial charge on any atom is 0.490 e. The van der Waals surface area contributed by atoms with Gasteiger partial charge in [-0.25, -0.2) is 33.2 Å². The van der Waals surface area contributed by atoms with Crippen LogP contribution in [0.1, 0.15) is 50.6 Å². The van der Waals surface area contributed by atoms with Crippen molar-refractivity contribution in [2.24, 2.45) is 23.7 Å². The van der Waals surface area contributed by atoms with E-state index >= 15 is 0 Å². The van der Waals surface area contributed by atoms with Crippen molar-refractivity contribution in [2.45, 2.75) is 93.7 Å². The number of phosphoric acid groups is 4. The highest BCUT2D eigenvalue weighted by molar-refractivity contribution is 7.66. The first-order valence-corrected chi connectivity index (χ1v) is 30.6. The fraction of sp³-hybridized carbons (Fsp3) is 0.575. The van der Waals surface area contributed by atoms with Crippen molar-refractivity contribution < 1.29 is 108 Å². The van der Waals surface area contributed by atoms with Crippen LogP contribution in [-0.2, 0) is 75.8 Å². The summed E-state index contributed by atoms with van der Waals surface area (Å²) in [5.41, 5.74) is 16.2. The number of carbonyl (C=O) groups is 1. The van der Waals surface area contributed by atoms with E-state index in [1.54, 1.807) is 13.0 Å². The van der Waals surface area contributed by atoms with Crippen molar-refractivity contribution in [3.63, 3.8) is 0 Å². The first-order chi connectivity index (χ1) is 39.0. The minimum absolute atomic E-state index is 0.00669. The van der Waals surface area contributed by atoms with Crippen LogP contribution < -0.4 is 37.8 Å². The van der Waals surface area contributed by atoms with Crippen molar-refractivity contribution in [2.75, 3.05) is 52.0 Å². The molecule has 9 heterocycles. The number of ether oxygens (including phenoxy) is 4. The Hall–Kier alpha value is -5.57. The SMILES string of the molecule is CCN(C)C(=O)CC1[C@@H](O)C(n2c[n+](C)c3c(=O)[nH]c(N)nc32)O[C@@H]1COP(=O)(O)OP(=O)(O)OP(=O)(O)OC[C@H]1O[C@@H](n2cnc3c2/N=C\CC/C=C\3N)[C@H](OC)[C@@H]1OP(=O)([O-])OC[C@H]1O[C@@H](n2cnc3c(=O)[nH]c(N)nc32)[C@H](O)[C@@H]1O. The standard InChI is InChI=1S/C40H57N15O24P4/c1-5-51(2)22(56)10-17-19(74-36(26(17)57)55-16-52(3)25-33(55)48-40(43)50-35(25)61)11-72-81(64,65)78-83(68,69)79-82(66,67)73-13-21-29(30(70-4)38(76-21)53-14-45-23-18(41)8-6-7-9-44-31(23)53)77-80(62,63)71-12-20-27(58)28(59)37(75-20)54-15-46-24-32(54)47-39(42)49-34(24)60/h8-9,14-17,19-21,26-30,36-38,57-59H,5-7,10-13,41H2,1-4H3,(H9-,42,43,47,48,49,50,60,61,62,63,64,65,66,67,68,69)/b18-8+,44-9-/t17?,19-,20-,21-,26-,27-,28-,29-,30-,36?,37-,38-/m1/s1. The number of rotatable bonds is 22. The molecule has 4 aliphatic rings. The minimum Gasteiger partial charge on any atom is -0.756 e. The maximum atomic E-state index is 13.7. The van der Waals surface area contributed by atoms with E-state index in [4.69, 9.17) is 54.2 Å². The molecule has 5 aromatic heterocycles. The molecule has 0 aliphatic carbocycles. The van der Waals surface area contributed by atoms with Crippen LogP contribution in [0.3, 0.4) is 0 Å². The highest BCUT2D eigenvalue weighted by Crippen LogP contribution is 2.68. The number of aromatic nitrogens is 10. The van der Waals surface area contributed by atoms with Crippen LogP contribution in [0.15, 0.2) is 39.6 Å². The predicted molar refractivity (Wildman–Crippen MR) is 274 cm³/mol. The molecule has 4 aliphatic heterocycles. The molecule has 16 atom stereocenters. The lowest BCUT2D eigenvalue weighted by molar-refractivity contribution is -0.646. The van der Waals surface area contributed by atoms with E-state index in [1.165, 1.54) is 51.6 Å². The molecule has 0 bridgehead atoms. The molecule has 0 radical (unpaired) electrons. The van der Waals surface area contributed by atoms with Gasteiger partial charge in [0.25, 0.3) is 24.5 Å². The number of nitrogens with one attached hydrogen (secondary N) is 2. The number of anilines is 2. The first-order valence-electron chi connectivity index (χ1n) is 24.7. The number of nitrogens with two attached hydrogens (primary N) is 3. The molecule has 14 N–H and O–H groups in total. The molecule has 0 spiro atoms. The Morgan fingerprint density at radius 1 is 0.795 bits per heavy atom. The van der Waals surface area contributed by atoms with Crippen molar-refractivity contribution in [1.29, 1.82) is 0 Å². The van der Waals surface area contributed by atoms with Gasteiger partial charge in [-0.3, -0.25) is 47.1 Å². The van der Waals surface area contributed by atoms with E-state index in [1.807, 2.05) is 0 Å². The Balaban J connectivity index is 0.891. The molecule has 9 rings (SSSR count). The molecule has 5 aromatic rings. The largest absolute Gasteiger partial charge is 0.756 e. The lowest BCUT2D eigenvalue weighted by atomic mass is 9.94. The van der Waals surface area contributed by atoms with Crippen LogP contribution in [0.5, 0.6) is 0 Å². The molecule has 0 saturated carbocycles. The summed E-state index contributed by atoms with van der Waals surface area (Å²) in [5.74, 6) is -2.32. The van der Waals surface area contributed by atoms with E-state index in [0.29, 0.717) is 12.8 Å². The van der Waals surface area contributed by atoms with Gasteiger partial charge in [-0.05, 0) is 19.8 Å². The lowest BCUT2D eigenvalue weighted by Crippen LogP contribution is -2.39. The summed E-state index contributed by atoms with van der Waals surface area (Å²) >= 11 is 0. The quantitative estimate of drug-likeness (QED) is 0.0244. The van der Waals surface area contributed by atoms with Crippen LogP contribution in [-0.4, -0.2) is 180 Å². The van der Waals surface area contributed by atoms with Crippen LogP contribution in [0.2, 0.25) is 0 Å². The monoisotopic (exact) mass is 1260 g/mol. The summed E-state index contributed by atoms with van der Waals surface area (Å²) in [6, 6.07) is 0. The zero-order valence-corrected chi connectivity index (χ0v) is 47.4. The number of hydrogen-bond acceptors (Lipinski definition) is 29. The molecule has 6 unspecified atom stereocenters. The van der Waals surface area contributed by atoms with Gasteiger partial charge in [0.1, 0.15) is 48.4 Å². The second-order valence-electron chi connectivity index (χ2n) is 19.0. The van der Waals surface area contributed by atoms with Gasteiger partial charge in [-0.15, -0.1) is 0 Å². The Bertz CT molecular complexity index is 3650. The molecule has 43 heteroatoms. The minimum atomic E-state index is -6.25. The average molecular weight is 1260 g/mol. The van der Waals surface area contributed by atoms with Crippen LogP contribution in [0.25, 0.3) is 28.0 Å². The predicted octanol–water partition coefficient (Wildman–Crippen LogP) is -2.95. The molecular formula is C40H57N15O24P4. The number of fused-ring (bicyclic) bond motifs is 3. The Kier molecular flexibility index (Phi) is 18.0. The van der Waals surface area contributed by atoms with Crippen LogP contribution in [0.4, 0.5) is 17.7 Å². The van der Waals surface area contributed by atoms with Gasteiger partial charge in [-0.1, -0.05) is 6.08 Å². The number of amides is 1. The lowest BCUT2D eigenvalue weighted by Gasteiger charge is -2.31. The first kappa shape index (κ1) is 62.0. The Morgan fingerprint density at radius 2 is 1.40 bits per heavy atom. The number of nitrogen functional groups attached to an aromatic ring is 2. The topological polar surface area (TPSA) is 552 Å². The molecule has 1 amide bonds. The highest BCUT2D eigenvalue weighted by Gasteiger charge is 2.54. The molecule has 83 heavy (non-hydrogen) atoms. The fourth-order valence-corrected chi connectivity index (χ4v) is 14.0. The van der Waals surface area contributed by atoms with Gasteiger partial charge >= 0.3 is 29.0 Å². The smallest absolute Gasteiger partial charge is 0.490 e.